The lowest BCUT2D eigenvalue weighted by Crippen LogP contribution is -2.29. The van der Waals surface area contributed by atoms with Crippen LogP contribution in [0.1, 0.15) is 100 Å². The third kappa shape index (κ3) is 17.5. The molecule has 1 aromatic rings. The molecule has 0 aliphatic rings. The maximum atomic E-state index is 13.8. The first kappa shape index (κ1) is 32.1. The molecule has 0 saturated heterocycles. The average molecular weight is 543 g/mol. The molecule has 0 atom stereocenters. The fourth-order valence-electron chi connectivity index (χ4n) is 3.78. The quantitative estimate of drug-likeness (QED) is 0.141. The summed E-state index contributed by atoms with van der Waals surface area (Å²) in [6, 6.07) is 6.54. The number of nitrogens with one attached hydrogen (secondary N) is 2. The monoisotopic (exact) mass is 542 g/mol. The number of amides is 1. The minimum Gasteiger partial charge on any atom is -0.385 e. The molecule has 2 N–H and O–H groups in total. The highest BCUT2D eigenvalue weighted by Gasteiger charge is 2.28. The number of halogens is 5. The molecule has 1 aromatic carbocycles. The van der Waals surface area contributed by atoms with Crippen LogP contribution in [0.15, 0.2) is 24.3 Å². The number of rotatable bonds is 19. The van der Waals surface area contributed by atoms with Gasteiger partial charge in [-0.15, -0.1) is 0 Å². The molecule has 0 fully saturated rings. The SMILES string of the molecule is CS(=O)(=O)NC(=O)c1ccc(NCCCCCCCCCCC(F)(F)CCCCCC(F)(F)F)cc1. The third-order valence-corrected chi connectivity index (χ3v) is 6.28. The zero-order valence-corrected chi connectivity index (χ0v) is 21.8. The van der Waals surface area contributed by atoms with Crippen molar-refractivity contribution in [2.45, 2.75) is 102 Å². The van der Waals surface area contributed by atoms with E-state index in [9.17, 15) is 35.2 Å². The van der Waals surface area contributed by atoms with Gasteiger partial charge in [0.1, 0.15) is 0 Å². The summed E-state index contributed by atoms with van der Waals surface area (Å²) in [6.07, 6.45) is 2.68. The van der Waals surface area contributed by atoms with Gasteiger partial charge < -0.3 is 5.32 Å². The summed E-state index contributed by atoms with van der Waals surface area (Å²) < 4.78 is 87.9. The Morgan fingerprint density at radius 2 is 1.17 bits per heavy atom. The molecule has 0 radical (unpaired) electrons. The van der Waals surface area contributed by atoms with Gasteiger partial charge in [0, 0.05) is 37.1 Å². The zero-order chi connectivity index (χ0) is 27.1. The van der Waals surface area contributed by atoms with E-state index < -0.39 is 34.5 Å². The topological polar surface area (TPSA) is 75.3 Å². The Labute approximate surface area is 211 Å². The van der Waals surface area contributed by atoms with Crippen LogP contribution in [0.5, 0.6) is 0 Å². The van der Waals surface area contributed by atoms with Crippen LogP contribution in [0.4, 0.5) is 27.6 Å². The first-order valence-corrected chi connectivity index (χ1v) is 14.5. The highest BCUT2D eigenvalue weighted by molar-refractivity contribution is 7.89. The van der Waals surface area contributed by atoms with E-state index in [2.05, 4.69) is 5.32 Å². The second kappa shape index (κ2) is 16.0. The standard InChI is InChI=1S/C25H39F5N2O3S/c1-36(34,35)32-23(33)21-13-15-22(16-14-21)31-20-12-7-5-3-2-4-6-9-17-24(26,27)18-10-8-11-19-25(28,29)30/h13-16,31H,2-12,17-20H2,1H3,(H,32,33). The van der Waals surface area contributed by atoms with Crippen molar-refractivity contribution in [3.63, 3.8) is 0 Å². The van der Waals surface area contributed by atoms with Crippen LogP contribution < -0.4 is 10.0 Å². The van der Waals surface area contributed by atoms with Crippen molar-refractivity contribution < 1.29 is 35.2 Å². The number of hydrogen-bond donors (Lipinski definition) is 2. The molecular formula is C25H39F5N2O3S. The number of carbonyl (C=O) groups is 1. The van der Waals surface area contributed by atoms with Crippen LogP contribution in [-0.2, 0) is 10.0 Å². The lowest BCUT2D eigenvalue weighted by atomic mass is 10.0. The molecule has 1 amide bonds. The molecule has 0 spiro atoms. The lowest BCUT2D eigenvalue weighted by Gasteiger charge is -2.16. The maximum absolute atomic E-state index is 13.8. The van der Waals surface area contributed by atoms with Crippen molar-refractivity contribution in [3.8, 4) is 0 Å². The van der Waals surface area contributed by atoms with Crippen molar-refractivity contribution in [2.75, 3.05) is 18.1 Å². The van der Waals surface area contributed by atoms with Gasteiger partial charge in [-0.2, -0.15) is 13.2 Å². The summed E-state index contributed by atoms with van der Waals surface area (Å²) in [5, 5.41) is 3.25. The average Bonchev–Trinajstić information content (AvgIpc) is 2.75. The van der Waals surface area contributed by atoms with E-state index >= 15 is 0 Å². The van der Waals surface area contributed by atoms with Gasteiger partial charge in [-0.25, -0.2) is 21.9 Å². The fraction of sp³-hybridized carbons (Fsp3) is 0.720. The Balaban J connectivity index is 2.00. The lowest BCUT2D eigenvalue weighted by molar-refractivity contribution is -0.135. The van der Waals surface area contributed by atoms with Crippen molar-refractivity contribution in [2.24, 2.45) is 0 Å². The third-order valence-electron chi connectivity index (χ3n) is 5.73. The summed E-state index contributed by atoms with van der Waals surface area (Å²) in [5.41, 5.74) is 1.10. The number of carbonyl (C=O) groups excluding carboxylic acids is 1. The number of sulfonamides is 1. The van der Waals surface area contributed by atoms with Gasteiger partial charge >= 0.3 is 6.18 Å². The molecule has 0 bridgehead atoms. The predicted molar refractivity (Wildman–Crippen MR) is 133 cm³/mol. The maximum Gasteiger partial charge on any atom is 0.389 e. The van der Waals surface area contributed by atoms with Crippen LogP contribution in [0, 0.1) is 0 Å². The second-order valence-electron chi connectivity index (χ2n) is 9.32. The summed E-state index contributed by atoms with van der Waals surface area (Å²) in [6.45, 7) is 0.764. The van der Waals surface area contributed by atoms with Gasteiger partial charge in [0.05, 0.1) is 6.26 Å². The predicted octanol–water partition coefficient (Wildman–Crippen LogP) is 7.45. The Hall–Kier alpha value is -1.91. The van der Waals surface area contributed by atoms with E-state index in [-0.39, 0.29) is 37.7 Å². The molecule has 0 unspecified atom stereocenters. The summed E-state index contributed by atoms with van der Waals surface area (Å²) in [5.74, 6) is -3.45. The summed E-state index contributed by atoms with van der Waals surface area (Å²) >= 11 is 0. The molecule has 0 saturated carbocycles. The van der Waals surface area contributed by atoms with Gasteiger partial charge in [-0.1, -0.05) is 44.9 Å². The number of unbranched alkanes of at least 4 members (excludes halogenated alkanes) is 9. The number of alkyl halides is 5. The van der Waals surface area contributed by atoms with E-state index in [1.54, 1.807) is 24.3 Å². The Bertz CT molecular complexity index is 859. The minimum atomic E-state index is -4.21. The van der Waals surface area contributed by atoms with Crippen LogP contribution >= 0.6 is 0 Å². The first-order valence-electron chi connectivity index (χ1n) is 12.6. The normalized spacial score (nSPS) is 12.5. The Kier molecular flexibility index (Phi) is 14.3. The molecule has 36 heavy (non-hydrogen) atoms. The Morgan fingerprint density at radius 1 is 0.722 bits per heavy atom. The molecule has 0 aliphatic carbocycles. The van der Waals surface area contributed by atoms with Crippen LogP contribution in [0.2, 0.25) is 0 Å². The summed E-state index contributed by atoms with van der Waals surface area (Å²) in [7, 11) is -3.60. The van der Waals surface area contributed by atoms with E-state index in [1.165, 1.54) is 0 Å². The molecule has 0 aliphatic heterocycles. The summed E-state index contributed by atoms with van der Waals surface area (Å²) in [4.78, 5) is 11.8. The largest absolute Gasteiger partial charge is 0.389 e. The molecule has 11 heteroatoms. The Morgan fingerprint density at radius 3 is 1.67 bits per heavy atom. The molecule has 0 aromatic heterocycles. The van der Waals surface area contributed by atoms with Crippen LogP contribution in [0.3, 0.4) is 0 Å². The molecule has 1 rings (SSSR count). The van der Waals surface area contributed by atoms with E-state index in [0.717, 1.165) is 63.4 Å². The molecule has 5 nitrogen and oxygen atoms in total. The number of benzene rings is 1. The van der Waals surface area contributed by atoms with Crippen molar-refractivity contribution in [1.29, 1.82) is 0 Å². The minimum absolute atomic E-state index is 0.0855. The van der Waals surface area contributed by atoms with Crippen LogP contribution in [-0.4, -0.2) is 39.2 Å². The van der Waals surface area contributed by atoms with Crippen molar-refractivity contribution in [3.05, 3.63) is 29.8 Å². The van der Waals surface area contributed by atoms with E-state index in [0.29, 0.717) is 6.42 Å². The van der Waals surface area contributed by atoms with Gasteiger partial charge in [0.15, 0.2) is 0 Å². The number of anilines is 1. The number of hydrogen-bond acceptors (Lipinski definition) is 4. The first-order chi connectivity index (χ1) is 16.8. The smallest absolute Gasteiger partial charge is 0.385 e. The van der Waals surface area contributed by atoms with E-state index in [4.69, 9.17) is 0 Å². The second-order valence-corrected chi connectivity index (χ2v) is 11.1. The molecular weight excluding hydrogens is 503 g/mol. The zero-order valence-electron chi connectivity index (χ0n) is 20.9. The van der Waals surface area contributed by atoms with Gasteiger partial charge in [-0.3, -0.25) is 4.79 Å². The van der Waals surface area contributed by atoms with Crippen molar-refractivity contribution >= 4 is 21.6 Å². The van der Waals surface area contributed by atoms with Crippen molar-refractivity contribution in [1.82, 2.24) is 4.72 Å². The van der Waals surface area contributed by atoms with E-state index in [1.807, 2.05) is 4.72 Å². The van der Waals surface area contributed by atoms with Crippen LogP contribution in [0.25, 0.3) is 0 Å². The van der Waals surface area contributed by atoms with Gasteiger partial charge in [0.25, 0.3) is 5.91 Å². The van der Waals surface area contributed by atoms with Gasteiger partial charge in [0.2, 0.25) is 15.9 Å². The molecule has 0 heterocycles. The highest BCUT2D eigenvalue weighted by Crippen LogP contribution is 2.29. The fourth-order valence-corrected chi connectivity index (χ4v) is 4.23. The highest BCUT2D eigenvalue weighted by atomic mass is 32.2. The molecule has 208 valence electrons. The van der Waals surface area contributed by atoms with Gasteiger partial charge in [-0.05, 0) is 49.9 Å².